The van der Waals surface area contributed by atoms with Crippen LogP contribution in [0.1, 0.15) is 5.56 Å². The maximum absolute atomic E-state index is 11.4. The fraction of sp³-hybridized carbons (Fsp3) is 0.200. The Hall–Kier alpha value is -2.04. The summed E-state index contributed by atoms with van der Waals surface area (Å²) in [6.07, 6.45) is 1.43. The fourth-order valence-electron chi connectivity index (χ4n) is 1.41. The molecule has 1 aromatic heterocycles. The molecule has 0 saturated carbocycles. The third-order valence-electron chi connectivity index (χ3n) is 2.15. The summed E-state index contributed by atoms with van der Waals surface area (Å²) < 4.78 is 6.59. The summed E-state index contributed by atoms with van der Waals surface area (Å²) in [5, 5.41) is 6.01. The SMILES string of the molecule is COc1ccc(C)cc1-n1cn[nH]c1=O. The molecule has 0 aliphatic rings. The second-order valence-electron chi connectivity index (χ2n) is 3.21. The van der Waals surface area contributed by atoms with Gasteiger partial charge in [-0.1, -0.05) is 6.07 Å². The predicted octanol–water partition coefficient (Wildman–Crippen LogP) is 0.878. The third-order valence-corrected chi connectivity index (χ3v) is 2.15. The molecule has 0 aliphatic carbocycles. The normalized spacial score (nSPS) is 10.3. The molecular formula is C10H11N3O2. The number of ether oxygens (including phenoxy) is 1. The Bertz CT molecular complexity index is 527. The van der Waals surface area contributed by atoms with Gasteiger partial charge in [0, 0.05) is 0 Å². The minimum atomic E-state index is -0.279. The van der Waals surface area contributed by atoms with Crippen LogP contribution in [0.2, 0.25) is 0 Å². The molecule has 5 heteroatoms. The first-order chi connectivity index (χ1) is 7.22. The lowest BCUT2D eigenvalue weighted by atomic mass is 10.2. The molecule has 5 nitrogen and oxygen atoms in total. The minimum Gasteiger partial charge on any atom is -0.495 e. The smallest absolute Gasteiger partial charge is 0.347 e. The van der Waals surface area contributed by atoms with E-state index in [4.69, 9.17) is 4.74 Å². The summed E-state index contributed by atoms with van der Waals surface area (Å²) in [7, 11) is 1.57. The first-order valence-corrected chi connectivity index (χ1v) is 4.49. The predicted molar refractivity (Wildman–Crippen MR) is 55.5 cm³/mol. The third kappa shape index (κ3) is 1.63. The number of rotatable bonds is 2. The van der Waals surface area contributed by atoms with Gasteiger partial charge in [0.1, 0.15) is 12.1 Å². The standard InChI is InChI=1S/C10H11N3O2/c1-7-3-4-9(15-2)8(5-7)13-6-11-12-10(13)14/h3-6H,1-2H3,(H,12,14). The highest BCUT2D eigenvalue weighted by atomic mass is 16.5. The van der Waals surface area contributed by atoms with Crippen LogP contribution in [0.3, 0.4) is 0 Å². The number of aryl methyl sites for hydroxylation is 1. The van der Waals surface area contributed by atoms with Crippen LogP contribution in [0.25, 0.3) is 5.69 Å². The number of nitrogens with zero attached hydrogens (tertiary/aromatic N) is 2. The van der Waals surface area contributed by atoms with E-state index in [0.717, 1.165) is 5.56 Å². The lowest BCUT2D eigenvalue weighted by Crippen LogP contribution is -2.15. The van der Waals surface area contributed by atoms with Crippen molar-refractivity contribution in [3.8, 4) is 11.4 Å². The Morgan fingerprint density at radius 2 is 2.27 bits per heavy atom. The lowest BCUT2D eigenvalue weighted by molar-refractivity contribution is 0.412. The van der Waals surface area contributed by atoms with E-state index in [0.29, 0.717) is 11.4 Å². The van der Waals surface area contributed by atoms with Crippen LogP contribution in [0, 0.1) is 6.92 Å². The van der Waals surface area contributed by atoms with Gasteiger partial charge in [0.15, 0.2) is 0 Å². The van der Waals surface area contributed by atoms with Gasteiger partial charge in [-0.15, -0.1) is 0 Å². The van der Waals surface area contributed by atoms with E-state index >= 15 is 0 Å². The van der Waals surface area contributed by atoms with Gasteiger partial charge >= 0.3 is 5.69 Å². The number of hydrogen-bond donors (Lipinski definition) is 1. The monoisotopic (exact) mass is 205 g/mol. The molecule has 0 fully saturated rings. The number of nitrogens with one attached hydrogen (secondary N) is 1. The van der Waals surface area contributed by atoms with Crippen molar-refractivity contribution in [1.82, 2.24) is 14.8 Å². The topological polar surface area (TPSA) is 59.9 Å². The van der Waals surface area contributed by atoms with Crippen molar-refractivity contribution in [3.63, 3.8) is 0 Å². The summed E-state index contributed by atoms with van der Waals surface area (Å²) in [4.78, 5) is 11.4. The zero-order chi connectivity index (χ0) is 10.8. The first-order valence-electron chi connectivity index (χ1n) is 4.49. The Kier molecular flexibility index (Phi) is 2.29. The molecule has 1 aromatic carbocycles. The molecule has 0 spiro atoms. The number of aromatic amines is 1. The quantitative estimate of drug-likeness (QED) is 0.791. The number of benzene rings is 1. The molecule has 1 heterocycles. The molecule has 2 aromatic rings. The zero-order valence-corrected chi connectivity index (χ0v) is 8.52. The largest absolute Gasteiger partial charge is 0.495 e. The fourth-order valence-corrected chi connectivity index (χ4v) is 1.41. The molecule has 1 N–H and O–H groups in total. The van der Waals surface area contributed by atoms with Crippen molar-refractivity contribution in [2.75, 3.05) is 7.11 Å². The molecule has 78 valence electrons. The highest BCUT2D eigenvalue weighted by molar-refractivity contribution is 5.48. The molecule has 0 aliphatic heterocycles. The average molecular weight is 205 g/mol. The highest BCUT2D eigenvalue weighted by Gasteiger charge is 2.07. The van der Waals surface area contributed by atoms with Crippen molar-refractivity contribution in [3.05, 3.63) is 40.6 Å². The van der Waals surface area contributed by atoms with Gasteiger partial charge < -0.3 is 4.74 Å². The van der Waals surface area contributed by atoms with Crippen molar-refractivity contribution in [1.29, 1.82) is 0 Å². The van der Waals surface area contributed by atoms with E-state index in [-0.39, 0.29) is 5.69 Å². The van der Waals surface area contributed by atoms with Gasteiger partial charge in [-0.05, 0) is 24.6 Å². The van der Waals surface area contributed by atoms with Gasteiger partial charge in [0.05, 0.1) is 12.8 Å². The van der Waals surface area contributed by atoms with Crippen molar-refractivity contribution >= 4 is 0 Å². The first kappa shape index (κ1) is 9.51. The van der Waals surface area contributed by atoms with Gasteiger partial charge in [0.2, 0.25) is 0 Å². The van der Waals surface area contributed by atoms with Gasteiger partial charge in [-0.3, -0.25) is 0 Å². The number of aromatic nitrogens is 3. The molecule has 0 amide bonds. The highest BCUT2D eigenvalue weighted by Crippen LogP contribution is 2.21. The summed E-state index contributed by atoms with van der Waals surface area (Å²) in [6, 6.07) is 5.62. The second kappa shape index (κ2) is 3.61. The summed E-state index contributed by atoms with van der Waals surface area (Å²) >= 11 is 0. The maximum Gasteiger partial charge on any atom is 0.347 e. The Balaban J connectivity index is 2.66. The van der Waals surface area contributed by atoms with Crippen LogP contribution in [-0.4, -0.2) is 21.9 Å². The maximum atomic E-state index is 11.4. The molecule has 2 rings (SSSR count). The number of H-pyrrole nitrogens is 1. The van der Waals surface area contributed by atoms with Crippen LogP contribution in [0.15, 0.2) is 29.3 Å². The Labute approximate surface area is 86.3 Å². The Morgan fingerprint density at radius 3 is 2.87 bits per heavy atom. The Morgan fingerprint density at radius 1 is 1.47 bits per heavy atom. The molecular weight excluding hydrogens is 194 g/mol. The zero-order valence-electron chi connectivity index (χ0n) is 8.52. The van der Waals surface area contributed by atoms with E-state index in [1.807, 2.05) is 25.1 Å². The van der Waals surface area contributed by atoms with Gasteiger partial charge in [0.25, 0.3) is 0 Å². The molecule has 0 atom stereocenters. The van der Waals surface area contributed by atoms with E-state index in [2.05, 4.69) is 10.2 Å². The minimum absolute atomic E-state index is 0.279. The molecule has 0 unspecified atom stereocenters. The van der Waals surface area contributed by atoms with Crippen molar-refractivity contribution < 1.29 is 4.74 Å². The summed E-state index contributed by atoms with van der Waals surface area (Å²) in [5.74, 6) is 0.643. The van der Waals surface area contributed by atoms with Crippen molar-refractivity contribution in [2.45, 2.75) is 6.92 Å². The number of methoxy groups -OCH3 is 1. The van der Waals surface area contributed by atoms with Crippen LogP contribution < -0.4 is 10.4 Å². The van der Waals surface area contributed by atoms with Crippen molar-refractivity contribution in [2.24, 2.45) is 0 Å². The lowest BCUT2D eigenvalue weighted by Gasteiger charge is -2.08. The van der Waals surface area contributed by atoms with E-state index in [9.17, 15) is 4.79 Å². The molecule has 0 radical (unpaired) electrons. The van der Waals surface area contributed by atoms with Crippen LogP contribution in [0.5, 0.6) is 5.75 Å². The average Bonchev–Trinajstić information content (AvgIpc) is 2.64. The van der Waals surface area contributed by atoms with Crippen LogP contribution in [-0.2, 0) is 0 Å². The van der Waals surface area contributed by atoms with Crippen LogP contribution >= 0.6 is 0 Å². The molecule has 0 saturated heterocycles. The van der Waals surface area contributed by atoms with Gasteiger partial charge in [-0.2, -0.15) is 5.10 Å². The van der Waals surface area contributed by atoms with E-state index in [1.54, 1.807) is 7.11 Å². The van der Waals surface area contributed by atoms with E-state index in [1.165, 1.54) is 10.9 Å². The molecule has 15 heavy (non-hydrogen) atoms. The second-order valence-corrected chi connectivity index (χ2v) is 3.21. The number of hydrogen-bond acceptors (Lipinski definition) is 3. The molecule has 0 bridgehead atoms. The van der Waals surface area contributed by atoms with Gasteiger partial charge in [-0.25, -0.2) is 14.5 Å². The van der Waals surface area contributed by atoms with Crippen LogP contribution in [0.4, 0.5) is 0 Å². The summed E-state index contributed by atoms with van der Waals surface area (Å²) in [5.41, 5.74) is 1.47. The van der Waals surface area contributed by atoms with E-state index < -0.39 is 0 Å². The summed E-state index contributed by atoms with van der Waals surface area (Å²) in [6.45, 7) is 1.95.